The van der Waals surface area contributed by atoms with E-state index in [2.05, 4.69) is 52.0 Å². The van der Waals surface area contributed by atoms with Gasteiger partial charge in [0.2, 0.25) is 0 Å². The highest BCUT2D eigenvalue weighted by molar-refractivity contribution is 5.77. The number of phenols is 4. The van der Waals surface area contributed by atoms with Crippen LogP contribution < -0.4 is 18.9 Å². The van der Waals surface area contributed by atoms with Gasteiger partial charge in [-0.2, -0.15) is 0 Å². The van der Waals surface area contributed by atoms with Crippen molar-refractivity contribution < 1.29 is 39.4 Å². The van der Waals surface area contributed by atoms with Gasteiger partial charge in [0.25, 0.3) is 23.5 Å². The Balaban J connectivity index is 1.14. The van der Waals surface area contributed by atoms with Crippen LogP contribution in [-0.2, 0) is 0 Å². The molecule has 12 nitrogen and oxygen atoms in total. The van der Waals surface area contributed by atoms with Gasteiger partial charge in [0.15, 0.2) is 0 Å². The Labute approximate surface area is 597 Å². The summed E-state index contributed by atoms with van der Waals surface area (Å²) in [5.74, 6) is 0.712. The molecule has 3 aliphatic rings. The van der Waals surface area contributed by atoms with E-state index in [4.69, 9.17) is 38.9 Å². The molecule has 4 heterocycles. The van der Waals surface area contributed by atoms with E-state index in [-0.39, 0.29) is 46.5 Å². The Morgan fingerprint density at radius 2 is 0.420 bits per heavy atom. The molecule has 12 heteroatoms. The van der Waals surface area contributed by atoms with Crippen LogP contribution >= 0.6 is 0 Å². The second-order valence-electron chi connectivity index (χ2n) is 29.5. The molecule has 8 aromatic rings. The number of phenolic OH excluding ortho intramolecular Hbond substituents is 4. The van der Waals surface area contributed by atoms with Crippen LogP contribution in [0.2, 0.25) is 0 Å². The number of hydrogen-bond donors (Lipinski definition) is 4. The second kappa shape index (κ2) is 37.9. The van der Waals surface area contributed by atoms with Crippen LogP contribution in [-0.4, -0.2) is 40.4 Å². The first-order valence-electron chi connectivity index (χ1n) is 39.9. The highest BCUT2D eigenvalue weighted by atomic mass is 16.5. The van der Waals surface area contributed by atoms with Gasteiger partial charge < -0.3 is 39.4 Å². The molecule has 8 bridgehead atoms. The summed E-state index contributed by atoms with van der Waals surface area (Å²) >= 11 is 0. The van der Waals surface area contributed by atoms with E-state index in [1.807, 2.05) is 48.5 Å². The fraction of sp³-hybridized carbons (Fsp3) is 0.545. The van der Waals surface area contributed by atoms with Crippen molar-refractivity contribution in [3.63, 3.8) is 0 Å². The number of aromatic nitrogens is 4. The number of benzene rings is 6. The van der Waals surface area contributed by atoms with Gasteiger partial charge in [0.05, 0.1) is 22.1 Å². The van der Waals surface area contributed by atoms with Crippen LogP contribution in [0.4, 0.5) is 0 Å². The molecule has 100 heavy (non-hydrogen) atoms. The van der Waals surface area contributed by atoms with Crippen molar-refractivity contribution in [3.8, 4) is 69.5 Å². The lowest BCUT2D eigenvalue weighted by Crippen LogP contribution is -2.12. The molecule has 0 saturated heterocycles. The summed E-state index contributed by atoms with van der Waals surface area (Å²) in [7, 11) is 0. The molecule has 0 saturated carbocycles. The van der Waals surface area contributed by atoms with Gasteiger partial charge in [-0.15, -0.1) is 0 Å². The average Bonchev–Trinajstić information content (AvgIpc) is 1.33. The lowest BCUT2D eigenvalue weighted by Gasteiger charge is -2.30. The van der Waals surface area contributed by atoms with E-state index in [1.165, 1.54) is 141 Å². The SMILES string of the molecule is CCCCCCCCCCCC1c2cc3c(cc2O)Oc2nc4ccccc4nc2Oc2cc(O)c(cc2C3CCCCCCCCCCC)C(CCCCCCCCCCC)c2cc3c(cc2O)Oc2nc4ccccc4nc2Oc2cc(O)c1cc2C3CCCCCCCCCCC. The first kappa shape index (κ1) is 73.6. The van der Waals surface area contributed by atoms with E-state index in [0.717, 1.165) is 112 Å². The van der Waals surface area contributed by atoms with Gasteiger partial charge in [-0.05, 0) is 74.2 Å². The van der Waals surface area contributed by atoms with Crippen LogP contribution in [0, 0.1) is 0 Å². The Kier molecular flexibility index (Phi) is 27.9. The normalized spacial score (nSPS) is 15.9. The summed E-state index contributed by atoms with van der Waals surface area (Å²) in [4.78, 5) is 20.4. The lowest BCUT2D eigenvalue weighted by atomic mass is 9.76. The number of aromatic hydroxyl groups is 4. The van der Waals surface area contributed by atoms with Gasteiger partial charge in [-0.3, -0.25) is 0 Å². The Morgan fingerprint density at radius 3 is 0.620 bits per heavy atom. The molecule has 0 unspecified atom stereocenters. The van der Waals surface area contributed by atoms with Crippen molar-refractivity contribution in [2.24, 2.45) is 0 Å². The molecule has 0 radical (unpaired) electrons. The topological polar surface area (TPSA) is 169 Å². The highest BCUT2D eigenvalue weighted by Gasteiger charge is 2.37. The molecule has 1 aliphatic carbocycles. The maximum Gasteiger partial charge on any atom is 0.284 e. The third-order valence-corrected chi connectivity index (χ3v) is 21.9. The first-order valence-corrected chi connectivity index (χ1v) is 39.9. The van der Waals surface area contributed by atoms with Gasteiger partial charge >= 0.3 is 0 Å². The Bertz CT molecular complexity index is 3450. The van der Waals surface area contributed by atoms with Crippen molar-refractivity contribution in [2.45, 2.75) is 308 Å². The number of unbranched alkanes of at least 4 members (excludes halogenated alkanes) is 32. The maximum atomic E-state index is 13.2. The van der Waals surface area contributed by atoms with E-state index < -0.39 is 23.7 Å². The minimum Gasteiger partial charge on any atom is -0.508 e. The average molecular weight is 1360 g/mol. The molecule has 0 fully saturated rings. The number of para-hydroxylation sites is 4. The van der Waals surface area contributed by atoms with Crippen LogP contribution in [0.1, 0.15) is 353 Å². The monoisotopic (exact) mass is 1360 g/mol. The third kappa shape index (κ3) is 19.1. The molecule has 6 aromatic carbocycles. The predicted octanol–water partition coefficient (Wildman–Crippen LogP) is 26.7. The summed E-state index contributed by atoms with van der Waals surface area (Å²) in [6, 6.07) is 31.1. The zero-order valence-electron chi connectivity index (χ0n) is 61.0. The van der Waals surface area contributed by atoms with E-state index in [1.54, 1.807) is 24.3 Å². The smallest absolute Gasteiger partial charge is 0.284 e. The fourth-order valence-electron chi connectivity index (χ4n) is 16.1. The van der Waals surface area contributed by atoms with Crippen molar-refractivity contribution >= 4 is 22.1 Å². The first-order chi connectivity index (χ1) is 49.1. The van der Waals surface area contributed by atoms with Crippen LogP contribution in [0.15, 0.2) is 97.1 Å². The molecule has 4 N–H and O–H groups in total. The summed E-state index contributed by atoms with van der Waals surface area (Å²) in [6.07, 6.45) is 44.2. The molecule has 0 amide bonds. The van der Waals surface area contributed by atoms with E-state index in [9.17, 15) is 20.4 Å². The van der Waals surface area contributed by atoms with E-state index >= 15 is 0 Å². The zero-order chi connectivity index (χ0) is 69.4. The quantitative estimate of drug-likeness (QED) is 0.0269. The summed E-state index contributed by atoms with van der Waals surface area (Å²) < 4.78 is 28.5. The van der Waals surface area contributed by atoms with Gasteiger partial charge in [0, 0.05) is 92.4 Å². The number of nitrogens with zero attached hydrogens (tertiary/aromatic N) is 4. The van der Waals surface area contributed by atoms with E-state index in [0.29, 0.717) is 93.0 Å². The largest absolute Gasteiger partial charge is 0.508 e. The number of ether oxygens (including phenoxy) is 4. The highest BCUT2D eigenvalue weighted by Crippen LogP contribution is 2.56. The Hall–Kier alpha value is -7.60. The van der Waals surface area contributed by atoms with Gasteiger partial charge in [-0.25, -0.2) is 19.9 Å². The fourth-order valence-corrected chi connectivity index (χ4v) is 16.1. The molecule has 2 aromatic heterocycles. The van der Waals surface area contributed by atoms with Crippen molar-refractivity contribution in [1.82, 2.24) is 19.9 Å². The molecule has 0 atom stereocenters. The summed E-state index contributed by atoms with van der Waals surface area (Å²) in [5.41, 5.74) is 8.62. The minimum absolute atomic E-state index is 0.0473. The number of rotatable bonds is 40. The van der Waals surface area contributed by atoms with Crippen molar-refractivity contribution in [1.29, 1.82) is 0 Å². The van der Waals surface area contributed by atoms with Crippen LogP contribution in [0.3, 0.4) is 0 Å². The van der Waals surface area contributed by atoms with Crippen LogP contribution in [0.5, 0.6) is 69.5 Å². The molecule has 11 rings (SSSR count). The molecule has 0 spiro atoms. The maximum absolute atomic E-state index is 13.2. The van der Waals surface area contributed by atoms with Gasteiger partial charge in [0.1, 0.15) is 46.0 Å². The predicted molar refractivity (Wildman–Crippen MR) is 407 cm³/mol. The van der Waals surface area contributed by atoms with Crippen LogP contribution in [0.25, 0.3) is 22.1 Å². The number of hydrogen-bond acceptors (Lipinski definition) is 12. The molecular weight excluding hydrogens is 1240 g/mol. The zero-order valence-corrected chi connectivity index (χ0v) is 61.0. The second-order valence-corrected chi connectivity index (χ2v) is 29.5. The molecule has 536 valence electrons. The number of fused-ring (bicyclic) bond motifs is 8. The molecular formula is C88H116N4O8. The third-order valence-electron chi connectivity index (χ3n) is 21.9. The minimum atomic E-state index is -0.500. The van der Waals surface area contributed by atoms with Crippen molar-refractivity contribution in [2.75, 3.05) is 0 Å². The molecule has 2 aliphatic heterocycles. The Morgan fingerprint density at radius 1 is 0.240 bits per heavy atom. The summed E-state index contributed by atoms with van der Waals surface area (Å²) in [5, 5.41) is 52.8. The van der Waals surface area contributed by atoms with Crippen molar-refractivity contribution in [3.05, 3.63) is 142 Å². The standard InChI is InChI=1S/C88H116N4O8/c1-5-9-13-17-21-25-29-33-37-45-61-65-53-69-63(47-39-35-31-27-23-19-15-11-7-3)71-55-67(79(95)59-83(71)99-87-85(97-81(69)57-77(65)93)89-73-49-41-43-51-75(73)91-87)62(46-38-34-30-26-22-18-14-10-6-2)68-56-72-64(48-40-36-32-28-24-20-16-12-8-4)70-54-66(61)78(94)58-82(70)98-86-88(100-84(72)60-80(68)96)92-76-52-44-42-50-74(76)90-86/h41-44,49-64,93-96H,5-40,45-48H2,1-4H3. The summed E-state index contributed by atoms with van der Waals surface area (Å²) in [6.45, 7) is 9.07. The van der Waals surface area contributed by atoms with Gasteiger partial charge in [-0.1, -0.05) is 283 Å². The lowest BCUT2D eigenvalue weighted by molar-refractivity contribution is 0.387.